The van der Waals surface area contributed by atoms with Gasteiger partial charge in [-0.15, -0.1) is 0 Å². The van der Waals surface area contributed by atoms with Crippen LogP contribution < -0.4 is 33.2 Å². The highest BCUT2D eigenvalue weighted by molar-refractivity contribution is 5.96. The van der Waals surface area contributed by atoms with E-state index in [1.54, 1.807) is 42.5 Å². The van der Waals surface area contributed by atoms with Crippen LogP contribution in [0.2, 0.25) is 0 Å². The Kier molecular flexibility index (Phi) is 12.2. The van der Waals surface area contributed by atoms with E-state index in [1.807, 2.05) is 0 Å². The highest BCUT2D eigenvalue weighted by Gasteiger charge is 2.31. The van der Waals surface area contributed by atoms with Crippen molar-refractivity contribution in [2.45, 2.75) is 56.3 Å². The summed E-state index contributed by atoms with van der Waals surface area (Å²) in [6, 6.07) is 9.28. The van der Waals surface area contributed by atoms with Gasteiger partial charge in [-0.3, -0.25) is 24.0 Å². The molecule has 0 spiro atoms. The zero-order chi connectivity index (χ0) is 30.5. The zero-order valence-corrected chi connectivity index (χ0v) is 22.1. The lowest BCUT2D eigenvalue weighted by atomic mass is 10.0. The number of hydrogen-bond acceptors (Lipinski definition) is 8. The van der Waals surface area contributed by atoms with Gasteiger partial charge in [0.1, 0.15) is 23.9 Å². The third-order valence-electron chi connectivity index (χ3n) is 5.98. The van der Waals surface area contributed by atoms with Crippen molar-refractivity contribution in [2.75, 3.05) is 0 Å². The minimum atomic E-state index is -1.59. The monoisotopic (exact) mass is 570 g/mol. The second-order valence-electron chi connectivity index (χ2n) is 9.36. The van der Waals surface area contributed by atoms with Gasteiger partial charge in [-0.2, -0.15) is 0 Å². The highest BCUT2D eigenvalue weighted by Crippen LogP contribution is 2.11. The third-order valence-corrected chi connectivity index (χ3v) is 5.98. The summed E-state index contributed by atoms with van der Waals surface area (Å²) >= 11 is 0. The van der Waals surface area contributed by atoms with Gasteiger partial charge in [0.25, 0.3) is 0 Å². The summed E-state index contributed by atoms with van der Waals surface area (Å²) in [5.41, 5.74) is 17.7. The number of phenols is 1. The summed E-state index contributed by atoms with van der Waals surface area (Å²) in [5, 5.41) is 25.9. The standard InChI is InChI=1S/C27H34N6O8/c28-18(12-16-6-8-17(34)9-7-16)24(37)32-20(13-15-4-2-1-3-5-15)25(38)33-21(14-23(30)36)26(39)31-19(27(40)41)10-11-22(29)35/h1-9,18-21,34H,10-14,28H2,(H2,29,35)(H2,30,36)(H,31,39)(H,32,37)(H,33,38)(H,40,41). The first-order valence-corrected chi connectivity index (χ1v) is 12.6. The number of aliphatic carboxylic acids is 1. The lowest BCUT2D eigenvalue weighted by Crippen LogP contribution is -2.58. The Morgan fingerprint density at radius 1 is 0.683 bits per heavy atom. The van der Waals surface area contributed by atoms with Gasteiger partial charge >= 0.3 is 5.97 Å². The van der Waals surface area contributed by atoms with Crippen LogP contribution in [0.4, 0.5) is 0 Å². The zero-order valence-electron chi connectivity index (χ0n) is 22.1. The number of benzene rings is 2. The Morgan fingerprint density at radius 2 is 1.22 bits per heavy atom. The van der Waals surface area contributed by atoms with Crippen LogP contribution in [0, 0.1) is 0 Å². The number of nitrogens with one attached hydrogen (secondary N) is 3. The molecule has 2 aromatic rings. The molecule has 4 unspecified atom stereocenters. The molecule has 0 heterocycles. The average Bonchev–Trinajstić information content (AvgIpc) is 2.91. The van der Waals surface area contributed by atoms with Crippen LogP contribution in [0.25, 0.3) is 0 Å². The summed E-state index contributed by atoms with van der Waals surface area (Å²) in [4.78, 5) is 73.4. The van der Waals surface area contributed by atoms with Gasteiger partial charge in [-0.05, 0) is 36.1 Å². The number of amides is 5. The van der Waals surface area contributed by atoms with Crippen molar-refractivity contribution in [2.24, 2.45) is 17.2 Å². The van der Waals surface area contributed by atoms with E-state index in [2.05, 4.69) is 16.0 Å². The van der Waals surface area contributed by atoms with Gasteiger partial charge in [0.05, 0.1) is 12.5 Å². The average molecular weight is 571 g/mol. The molecule has 41 heavy (non-hydrogen) atoms. The number of carboxylic acids is 1. The number of rotatable bonds is 16. The molecule has 0 radical (unpaired) electrons. The Labute approximate surface area is 235 Å². The van der Waals surface area contributed by atoms with Gasteiger partial charge in [0.2, 0.25) is 29.5 Å². The van der Waals surface area contributed by atoms with Gasteiger partial charge in [-0.25, -0.2) is 4.79 Å². The molecule has 0 aliphatic heterocycles. The molecule has 4 atom stereocenters. The van der Waals surface area contributed by atoms with Gasteiger partial charge < -0.3 is 43.4 Å². The summed E-state index contributed by atoms with van der Waals surface area (Å²) < 4.78 is 0. The molecular formula is C27H34N6O8. The van der Waals surface area contributed by atoms with E-state index in [1.165, 1.54) is 12.1 Å². The first kappa shape index (κ1) is 32.2. The fourth-order valence-electron chi connectivity index (χ4n) is 3.82. The van der Waals surface area contributed by atoms with E-state index < -0.39 is 66.1 Å². The first-order chi connectivity index (χ1) is 19.3. The molecule has 5 amide bonds. The van der Waals surface area contributed by atoms with Crippen molar-refractivity contribution in [1.82, 2.24) is 16.0 Å². The van der Waals surface area contributed by atoms with Crippen molar-refractivity contribution in [3.8, 4) is 5.75 Å². The number of carbonyl (C=O) groups excluding carboxylic acids is 5. The van der Waals surface area contributed by atoms with E-state index in [0.29, 0.717) is 11.1 Å². The number of hydrogen-bond donors (Lipinski definition) is 8. The topological polar surface area (TPSA) is 257 Å². The molecule has 220 valence electrons. The molecular weight excluding hydrogens is 536 g/mol. The summed E-state index contributed by atoms with van der Waals surface area (Å²) in [5.74, 6) is -5.73. The summed E-state index contributed by atoms with van der Waals surface area (Å²) in [6.07, 6.45) is -1.24. The molecule has 0 saturated heterocycles. The lowest BCUT2D eigenvalue weighted by molar-refractivity contribution is -0.142. The number of phenolic OH excluding ortho intramolecular Hbond substituents is 1. The Bertz CT molecular complexity index is 1240. The maximum atomic E-state index is 13.3. The van der Waals surface area contributed by atoms with Crippen LogP contribution >= 0.6 is 0 Å². The molecule has 0 fully saturated rings. The molecule has 14 heteroatoms. The number of aromatic hydroxyl groups is 1. The van der Waals surface area contributed by atoms with E-state index >= 15 is 0 Å². The van der Waals surface area contributed by atoms with Gasteiger partial charge in [-0.1, -0.05) is 42.5 Å². The smallest absolute Gasteiger partial charge is 0.326 e. The fourth-order valence-corrected chi connectivity index (χ4v) is 3.82. The molecule has 11 N–H and O–H groups in total. The normalized spacial score (nSPS) is 13.6. The Balaban J connectivity index is 2.21. The summed E-state index contributed by atoms with van der Waals surface area (Å²) in [7, 11) is 0. The van der Waals surface area contributed by atoms with Gasteiger partial charge in [0.15, 0.2) is 0 Å². The first-order valence-electron chi connectivity index (χ1n) is 12.6. The maximum absolute atomic E-state index is 13.3. The number of carbonyl (C=O) groups is 6. The molecule has 0 aliphatic rings. The third kappa shape index (κ3) is 11.3. The van der Waals surface area contributed by atoms with Crippen molar-refractivity contribution in [1.29, 1.82) is 0 Å². The molecule has 0 aliphatic carbocycles. The van der Waals surface area contributed by atoms with Gasteiger partial charge in [0, 0.05) is 12.8 Å². The SMILES string of the molecule is NC(=O)CCC(NC(=O)C(CC(N)=O)NC(=O)C(Cc1ccccc1)NC(=O)C(N)Cc1ccc(O)cc1)C(=O)O. The second-order valence-corrected chi connectivity index (χ2v) is 9.36. The Morgan fingerprint density at radius 3 is 1.78 bits per heavy atom. The van der Waals surface area contributed by atoms with Crippen LogP contribution in [0.5, 0.6) is 5.75 Å². The predicted octanol–water partition coefficient (Wildman–Crippen LogP) is -1.82. The van der Waals surface area contributed by atoms with Crippen LogP contribution in [0.3, 0.4) is 0 Å². The van der Waals surface area contributed by atoms with E-state index in [9.17, 15) is 39.0 Å². The van der Waals surface area contributed by atoms with Crippen LogP contribution in [0.15, 0.2) is 54.6 Å². The molecule has 0 bridgehead atoms. The van der Waals surface area contributed by atoms with Crippen molar-refractivity contribution >= 4 is 35.5 Å². The minimum absolute atomic E-state index is 0.00832. The van der Waals surface area contributed by atoms with E-state index in [0.717, 1.165) is 0 Å². The Hall–Kier alpha value is -4.98. The quantitative estimate of drug-likeness (QED) is 0.113. The largest absolute Gasteiger partial charge is 0.508 e. The maximum Gasteiger partial charge on any atom is 0.326 e. The highest BCUT2D eigenvalue weighted by atomic mass is 16.4. The molecule has 2 rings (SSSR count). The van der Waals surface area contributed by atoms with E-state index in [4.69, 9.17) is 17.2 Å². The van der Waals surface area contributed by atoms with Crippen LogP contribution in [-0.2, 0) is 41.6 Å². The minimum Gasteiger partial charge on any atom is -0.508 e. The van der Waals surface area contributed by atoms with Crippen molar-refractivity contribution in [3.05, 3.63) is 65.7 Å². The fraction of sp³-hybridized carbons (Fsp3) is 0.333. The molecule has 0 aromatic heterocycles. The number of carboxylic acid groups (broad SMARTS) is 1. The number of primary amides is 2. The summed E-state index contributed by atoms with van der Waals surface area (Å²) in [6.45, 7) is 0. The molecule has 14 nitrogen and oxygen atoms in total. The van der Waals surface area contributed by atoms with Crippen molar-refractivity contribution < 1.29 is 39.0 Å². The second kappa shape index (κ2) is 15.6. The number of nitrogens with two attached hydrogens (primary N) is 3. The molecule has 0 saturated carbocycles. The van der Waals surface area contributed by atoms with Crippen molar-refractivity contribution in [3.63, 3.8) is 0 Å². The predicted molar refractivity (Wildman–Crippen MR) is 146 cm³/mol. The van der Waals surface area contributed by atoms with Crippen LogP contribution in [-0.4, -0.2) is 69.9 Å². The lowest BCUT2D eigenvalue weighted by Gasteiger charge is -2.25. The van der Waals surface area contributed by atoms with Crippen LogP contribution in [0.1, 0.15) is 30.4 Å². The van der Waals surface area contributed by atoms with E-state index in [-0.39, 0.29) is 31.4 Å². The molecule has 2 aromatic carbocycles.